The predicted octanol–water partition coefficient (Wildman–Crippen LogP) is 2.59. The minimum absolute atomic E-state index is 0.195. The highest BCUT2D eigenvalue weighted by atomic mass is 32.1. The molecule has 0 saturated carbocycles. The molecule has 0 amide bonds. The van der Waals surface area contributed by atoms with Gasteiger partial charge < -0.3 is 14.2 Å². The van der Waals surface area contributed by atoms with Gasteiger partial charge in [-0.2, -0.15) is 0 Å². The van der Waals surface area contributed by atoms with Crippen LogP contribution in [-0.4, -0.2) is 37.3 Å². The fraction of sp³-hybridized carbons (Fsp3) is 0.231. The molecule has 35 heavy (non-hydrogen) atoms. The van der Waals surface area contributed by atoms with Crippen molar-refractivity contribution in [3.8, 4) is 5.75 Å². The molecule has 1 aliphatic heterocycles. The van der Waals surface area contributed by atoms with E-state index in [9.17, 15) is 14.4 Å². The summed E-state index contributed by atoms with van der Waals surface area (Å²) in [7, 11) is 2.86. The molecule has 4 rings (SSSR count). The van der Waals surface area contributed by atoms with Gasteiger partial charge in [0.1, 0.15) is 11.8 Å². The predicted molar refractivity (Wildman–Crippen MR) is 131 cm³/mol. The molecule has 0 saturated heterocycles. The van der Waals surface area contributed by atoms with Crippen LogP contribution in [0.25, 0.3) is 6.08 Å². The second-order valence-corrected chi connectivity index (χ2v) is 8.67. The van der Waals surface area contributed by atoms with Crippen molar-refractivity contribution in [2.45, 2.75) is 19.9 Å². The van der Waals surface area contributed by atoms with E-state index in [0.717, 1.165) is 5.56 Å². The van der Waals surface area contributed by atoms with Crippen LogP contribution in [0.2, 0.25) is 0 Å². The monoisotopic (exact) mass is 492 g/mol. The normalized spacial score (nSPS) is 15.3. The average molecular weight is 493 g/mol. The van der Waals surface area contributed by atoms with Crippen molar-refractivity contribution in [1.82, 2.24) is 4.57 Å². The van der Waals surface area contributed by atoms with E-state index in [1.54, 1.807) is 57.4 Å². The van der Waals surface area contributed by atoms with Crippen molar-refractivity contribution in [2.75, 3.05) is 20.8 Å². The van der Waals surface area contributed by atoms with Crippen molar-refractivity contribution in [3.63, 3.8) is 0 Å². The van der Waals surface area contributed by atoms with Gasteiger partial charge in [-0.05, 0) is 43.7 Å². The maximum absolute atomic E-state index is 13.6. The lowest BCUT2D eigenvalue weighted by Crippen LogP contribution is -2.40. The quantitative estimate of drug-likeness (QED) is 0.491. The molecule has 0 fully saturated rings. The number of carbonyl (C=O) groups is 2. The van der Waals surface area contributed by atoms with Gasteiger partial charge in [-0.1, -0.05) is 41.7 Å². The Balaban J connectivity index is 1.91. The molecule has 0 N–H and O–H groups in total. The SMILES string of the molecule is CCOC(=O)C1=C(C)N=c2s/c(=C\c3ccc(C(=O)OC)cc3)c(=O)n2[C@H]1c1ccccc1OC. The maximum Gasteiger partial charge on any atom is 0.338 e. The van der Waals surface area contributed by atoms with Crippen LogP contribution >= 0.6 is 11.3 Å². The zero-order valence-electron chi connectivity index (χ0n) is 19.7. The van der Waals surface area contributed by atoms with Crippen LogP contribution in [-0.2, 0) is 14.3 Å². The lowest BCUT2D eigenvalue weighted by molar-refractivity contribution is -0.139. The number of benzene rings is 2. The Morgan fingerprint density at radius 2 is 1.80 bits per heavy atom. The summed E-state index contributed by atoms with van der Waals surface area (Å²) in [6, 6.07) is 13.2. The standard InChI is InChI=1S/C26H24N2O6S/c1-5-34-25(31)21-15(2)27-26-28(22(21)18-8-6-7-9-19(18)32-3)23(29)20(35-26)14-16-10-12-17(13-11-16)24(30)33-4/h6-14,22H,5H2,1-4H3/b20-14-/t22-/m0/s1. The number of thiazole rings is 1. The second kappa shape index (κ2) is 10.1. The van der Waals surface area contributed by atoms with E-state index in [2.05, 4.69) is 4.99 Å². The molecule has 3 aromatic rings. The first kappa shape index (κ1) is 24.2. The van der Waals surface area contributed by atoms with Gasteiger partial charge in [0, 0.05) is 5.56 Å². The number of ether oxygens (including phenoxy) is 3. The Bertz CT molecular complexity index is 1500. The summed E-state index contributed by atoms with van der Waals surface area (Å²) in [6.45, 7) is 3.66. The number of hydrogen-bond acceptors (Lipinski definition) is 8. The average Bonchev–Trinajstić information content (AvgIpc) is 3.17. The number of fused-ring (bicyclic) bond motifs is 1. The first-order valence-corrected chi connectivity index (χ1v) is 11.7. The van der Waals surface area contributed by atoms with E-state index in [4.69, 9.17) is 14.2 Å². The highest BCUT2D eigenvalue weighted by Crippen LogP contribution is 2.35. The van der Waals surface area contributed by atoms with Gasteiger partial charge in [0.25, 0.3) is 5.56 Å². The van der Waals surface area contributed by atoms with Crippen LogP contribution in [0.4, 0.5) is 0 Å². The van der Waals surface area contributed by atoms with Gasteiger partial charge in [0.15, 0.2) is 4.80 Å². The first-order valence-electron chi connectivity index (χ1n) is 10.9. The molecule has 1 atom stereocenters. The fourth-order valence-corrected chi connectivity index (χ4v) is 5.01. The number of hydrogen-bond donors (Lipinski definition) is 0. The summed E-state index contributed by atoms with van der Waals surface area (Å²) in [5, 5.41) is 0. The minimum atomic E-state index is -0.759. The van der Waals surface area contributed by atoms with Gasteiger partial charge in [-0.3, -0.25) is 9.36 Å². The van der Waals surface area contributed by atoms with Crippen molar-refractivity contribution in [3.05, 3.63) is 96.2 Å². The molecule has 0 radical (unpaired) electrons. The van der Waals surface area contributed by atoms with Crippen LogP contribution in [0, 0.1) is 0 Å². The Hall–Kier alpha value is -3.98. The number of nitrogens with zero attached hydrogens (tertiary/aromatic N) is 2. The Morgan fingerprint density at radius 3 is 2.46 bits per heavy atom. The second-order valence-electron chi connectivity index (χ2n) is 7.66. The topological polar surface area (TPSA) is 96.2 Å². The third-order valence-corrected chi connectivity index (χ3v) is 6.56. The summed E-state index contributed by atoms with van der Waals surface area (Å²) < 4.78 is 17.6. The van der Waals surface area contributed by atoms with Crippen molar-refractivity contribution >= 4 is 29.4 Å². The Kier molecular flexibility index (Phi) is 6.97. The summed E-state index contributed by atoms with van der Waals surface area (Å²) in [5.41, 5.74) is 2.28. The van der Waals surface area contributed by atoms with Gasteiger partial charge in [0.05, 0.1) is 42.2 Å². The number of para-hydroxylation sites is 1. The lowest BCUT2D eigenvalue weighted by atomic mass is 9.95. The van der Waals surface area contributed by atoms with E-state index in [0.29, 0.717) is 31.9 Å². The van der Waals surface area contributed by atoms with Crippen LogP contribution < -0.4 is 19.6 Å². The van der Waals surface area contributed by atoms with E-state index in [1.807, 2.05) is 18.2 Å². The van der Waals surface area contributed by atoms with Crippen LogP contribution in [0.1, 0.15) is 41.4 Å². The molecule has 8 nitrogen and oxygen atoms in total. The van der Waals surface area contributed by atoms with Crippen molar-refractivity contribution in [2.24, 2.45) is 4.99 Å². The minimum Gasteiger partial charge on any atom is -0.496 e. The zero-order valence-corrected chi connectivity index (χ0v) is 20.5. The molecule has 0 unspecified atom stereocenters. The number of aromatic nitrogens is 1. The molecule has 0 aliphatic carbocycles. The molecule has 0 bridgehead atoms. The molecular formula is C26H24N2O6S. The van der Waals surface area contributed by atoms with Crippen LogP contribution in [0.5, 0.6) is 5.75 Å². The smallest absolute Gasteiger partial charge is 0.338 e. The van der Waals surface area contributed by atoms with E-state index in [-0.39, 0.29) is 17.7 Å². The van der Waals surface area contributed by atoms with Crippen molar-refractivity contribution < 1.29 is 23.8 Å². The van der Waals surface area contributed by atoms with E-state index >= 15 is 0 Å². The number of methoxy groups -OCH3 is 2. The lowest BCUT2D eigenvalue weighted by Gasteiger charge is -2.25. The number of carbonyl (C=O) groups excluding carboxylic acids is 2. The molecule has 1 aliphatic rings. The molecular weight excluding hydrogens is 468 g/mol. The highest BCUT2D eigenvalue weighted by Gasteiger charge is 2.34. The molecule has 2 heterocycles. The van der Waals surface area contributed by atoms with Crippen molar-refractivity contribution in [1.29, 1.82) is 0 Å². The van der Waals surface area contributed by atoms with Crippen LogP contribution in [0.3, 0.4) is 0 Å². The Morgan fingerprint density at radius 1 is 1.09 bits per heavy atom. The highest BCUT2D eigenvalue weighted by molar-refractivity contribution is 7.07. The molecule has 9 heteroatoms. The summed E-state index contributed by atoms with van der Waals surface area (Å²) in [5.74, 6) is -0.422. The summed E-state index contributed by atoms with van der Waals surface area (Å²) in [4.78, 5) is 43.4. The first-order chi connectivity index (χ1) is 16.9. The van der Waals surface area contributed by atoms with E-state index in [1.165, 1.54) is 23.0 Å². The van der Waals surface area contributed by atoms with Gasteiger partial charge in [0.2, 0.25) is 0 Å². The van der Waals surface area contributed by atoms with E-state index < -0.39 is 18.0 Å². The Labute approximate surface area is 205 Å². The van der Waals surface area contributed by atoms with Crippen LogP contribution in [0.15, 0.2) is 69.6 Å². The third-order valence-electron chi connectivity index (χ3n) is 5.58. The van der Waals surface area contributed by atoms with Gasteiger partial charge >= 0.3 is 11.9 Å². The number of rotatable bonds is 6. The molecule has 2 aromatic carbocycles. The molecule has 180 valence electrons. The number of allylic oxidation sites excluding steroid dienone is 1. The van der Waals surface area contributed by atoms with Gasteiger partial charge in [-0.25, -0.2) is 14.6 Å². The fourth-order valence-electron chi connectivity index (χ4n) is 3.96. The molecule has 1 aromatic heterocycles. The maximum atomic E-state index is 13.6. The summed E-state index contributed by atoms with van der Waals surface area (Å²) >= 11 is 1.22. The van der Waals surface area contributed by atoms with Gasteiger partial charge in [-0.15, -0.1) is 0 Å². The zero-order chi connectivity index (χ0) is 25.1. The number of esters is 2. The molecule has 0 spiro atoms. The largest absolute Gasteiger partial charge is 0.496 e. The third kappa shape index (κ3) is 4.54. The summed E-state index contributed by atoms with van der Waals surface area (Å²) in [6.07, 6.45) is 1.73.